The van der Waals surface area contributed by atoms with E-state index < -0.39 is 0 Å². The van der Waals surface area contributed by atoms with E-state index in [2.05, 4.69) is 48.5 Å². The summed E-state index contributed by atoms with van der Waals surface area (Å²) in [6.45, 7) is 0. The van der Waals surface area contributed by atoms with Gasteiger partial charge in [-0.2, -0.15) is 0 Å². The first-order valence-electron chi connectivity index (χ1n) is 8.87. The molecule has 4 aromatic rings. The molecular formula is C25H20N2O. The third-order valence-corrected chi connectivity index (χ3v) is 4.16. The third kappa shape index (κ3) is 5.04. The molecule has 0 atom stereocenters. The highest BCUT2D eigenvalue weighted by molar-refractivity contribution is 5.65. The second-order valence-electron chi connectivity index (χ2n) is 6.01. The second-order valence-corrected chi connectivity index (χ2v) is 6.01. The first kappa shape index (κ1) is 18.8. The normalized spacial score (nSPS) is 9.57. The van der Waals surface area contributed by atoms with Crippen LogP contribution in [-0.4, -0.2) is 6.01 Å². The Bertz CT molecular complexity index is 938. The molecule has 0 radical (unpaired) electrons. The molecule has 28 heavy (non-hydrogen) atoms. The monoisotopic (exact) mass is 364 g/mol. The van der Waals surface area contributed by atoms with Crippen LogP contribution in [0.1, 0.15) is 0 Å². The Morgan fingerprint density at radius 2 is 0.714 bits per heavy atom. The van der Waals surface area contributed by atoms with E-state index >= 15 is 0 Å². The molecule has 0 spiro atoms. The van der Waals surface area contributed by atoms with Gasteiger partial charge in [-0.3, -0.25) is 0 Å². The molecule has 0 unspecified atom stereocenters. The van der Waals surface area contributed by atoms with Crippen LogP contribution in [0.2, 0.25) is 0 Å². The Hall–Kier alpha value is -3.94. The van der Waals surface area contributed by atoms with Gasteiger partial charge in [-0.15, -0.1) is 0 Å². The molecule has 0 aliphatic heterocycles. The molecule has 0 heterocycles. The van der Waals surface area contributed by atoms with Crippen LogP contribution in [0.25, 0.3) is 22.3 Å². The van der Waals surface area contributed by atoms with Gasteiger partial charge in [0.25, 0.3) is 0 Å². The molecule has 3 nitrogen and oxygen atoms in total. The van der Waals surface area contributed by atoms with Crippen molar-refractivity contribution in [2.45, 2.75) is 0 Å². The third-order valence-electron chi connectivity index (χ3n) is 4.16. The number of ether oxygens (including phenoxy) is 1. The number of benzene rings is 4. The molecular weight excluding hydrogens is 344 g/mol. The molecule has 3 heteroatoms. The van der Waals surface area contributed by atoms with Gasteiger partial charge in [0.1, 0.15) is 11.5 Å². The summed E-state index contributed by atoms with van der Waals surface area (Å²) in [6, 6.07) is 38.3. The molecule has 0 aliphatic carbocycles. The Morgan fingerprint density at radius 3 is 1.04 bits per heavy atom. The highest BCUT2D eigenvalue weighted by Gasteiger charge is 2.01. The van der Waals surface area contributed by atoms with E-state index in [1.807, 2.05) is 60.7 Å². The Morgan fingerprint density at radius 1 is 0.429 bits per heavy atom. The largest absolute Gasteiger partial charge is 0.457 e. The van der Waals surface area contributed by atoms with Crippen molar-refractivity contribution in [2.24, 2.45) is 0 Å². The zero-order valence-corrected chi connectivity index (χ0v) is 15.3. The number of hydrogen-bond donors (Lipinski definition) is 2. The molecule has 4 aromatic carbocycles. The van der Waals surface area contributed by atoms with E-state index in [1.165, 1.54) is 28.3 Å². The summed E-state index contributed by atoms with van der Waals surface area (Å²) in [5.74, 6) is 1.68. The fourth-order valence-electron chi connectivity index (χ4n) is 2.83. The van der Waals surface area contributed by atoms with Crippen LogP contribution in [0.15, 0.2) is 109 Å². The summed E-state index contributed by atoms with van der Waals surface area (Å²) < 4.78 is 5.96. The summed E-state index contributed by atoms with van der Waals surface area (Å²) in [5.41, 5.74) is 4.79. The Kier molecular flexibility index (Phi) is 6.51. The van der Waals surface area contributed by atoms with Crippen LogP contribution in [0, 0.1) is 10.8 Å². The van der Waals surface area contributed by atoms with Gasteiger partial charge in [0.15, 0.2) is 0 Å². The van der Waals surface area contributed by atoms with Crippen molar-refractivity contribution < 1.29 is 4.74 Å². The van der Waals surface area contributed by atoms with Gasteiger partial charge in [-0.1, -0.05) is 84.9 Å². The molecule has 0 bridgehead atoms. The van der Waals surface area contributed by atoms with E-state index in [0.717, 1.165) is 11.5 Å². The second kappa shape index (κ2) is 9.67. The fourth-order valence-corrected chi connectivity index (χ4v) is 2.83. The smallest absolute Gasteiger partial charge is 0.127 e. The molecule has 136 valence electrons. The van der Waals surface area contributed by atoms with Crippen LogP contribution in [0.4, 0.5) is 0 Å². The lowest BCUT2D eigenvalue weighted by atomic mass is 10.1. The SMILES string of the molecule is N=C=N.c1ccc(-c2ccc(Oc3ccc(-c4ccccc4)cc3)cc2)cc1. The van der Waals surface area contributed by atoms with E-state index in [0.29, 0.717) is 0 Å². The van der Waals surface area contributed by atoms with Gasteiger partial charge >= 0.3 is 0 Å². The molecule has 0 aromatic heterocycles. The van der Waals surface area contributed by atoms with E-state index in [9.17, 15) is 0 Å². The summed E-state index contributed by atoms with van der Waals surface area (Å²) in [4.78, 5) is 0. The first-order valence-corrected chi connectivity index (χ1v) is 8.87. The van der Waals surface area contributed by atoms with Crippen molar-refractivity contribution in [3.8, 4) is 33.8 Å². The lowest BCUT2D eigenvalue weighted by Gasteiger charge is -2.08. The standard InChI is InChI=1S/C24H18O.CH2N2/c1-3-7-19(8-4-1)21-11-15-23(16-12-21)25-24-17-13-22(14-18-24)20-9-5-2-6-10-20;2-1-3/h1-18H;2-3H. The van der Waals surface area contributed by atoms with Crippen molar-refractivity contribution in [1.82, 2.24) is 0 Å². The maximum absolute atomic E-state index is 5.96. The Labute approximate surface area is 164 Å². The lowest BCUT2D eigenvalue weighted by Crippen LogP contribution is -1.85. The predicted molar refractivity (Wildman–Crippen MR) is 114 cm³/mol. The van der Waals surface area contributed by atoms with Crippen molar-refractivity contribution in [3.05, 3.63) is 109 Å². The van der Waals surface area contributed by atoms with Gasteiger partial charge in [-0.05, 0) is 46.5 Å². The average Bonchev–Trinajstić information content (AvgIpc) is 2.77. The van der Waals surface area contributed by atoms with E-state index in [1.54, 1.807) is 0 Å². The zero-order valence-electron chi connectivity index (χ0n) is 15.3. The molecule has 0 amide bonds. The van der Waals surface area contributed by atoms with Crippen molar-refractivity contribution in [2.75, 3.05) is 0 Å². The number of hydrogen-bond acceptors (Lipinski definition) is 3. The quantitative estimate of drug-likeness (QED) is 0.372. The number of nitrogens with one attached hydrogen (secondary N) is 2. The minimum absolute atomic E-state index is 0.840. The van der Waals surface area contributed by atoms with Crippen LogP contribution < -0.4 is 4.74 Å². The maximum atomic E-state index is 5.96. The van der Waals surface area contributed by atoms with Gasteiger partial charge < -0.3 is 4.74 Å². The van der Waals surface area contributed by atoms with E-state index in [-0.39, 0.29) is 0 Å². The van der Waals surface area contributed by atoms with E-state index in [4.69, 9.17) is 15.6 Å². The van der Waals surface area contributed by atoms with Gasteiger partial charge in [0, 0.05) is 0 Å². The maximum Gasteiger partial charge on any atom is 0.127 e. The topological polar surface area (TPSA) is 56.9 Å². The fraction of sp³-hybridized carbons (Fsp3) is 0. The molecule has 0 saturated heterocycles. The molecule has 0 fully saturated rings. The van der Waals surface area contributed by atoms with Crippen molar-refractivity contribution in [1.29, 1.82) is 10.8 Å². The highest BCUT2D eigenvalue weighted by Crippen LogP contribution is 2.27. The molecule has 4 rings (SSSR count). The van der Waals surface area contributed by atoms with Crippen molar-refractivity contribution in [3.63, 3.8) is 0 Å². The zero-order chi connectivity index (χ0) is 19.6. The summed E-state index contributed by atoms with van der Waals surface area (Å²) >= 11 is 0. The van der Waals surface area contributed by atoms with Crippen LogP contribution in [0.5, 0.6) is 11.5 Å². The van der Waals surface area contributed by atoms with Crippen molar-refractivity contribution >= 4 is 6.01 Å². The Balaban J connectivity index is 0.000000706. The summed E-state index contributed by atoms with van der Waals surface area (Å²) in [5, 5.41) is 11.2. The highest BCUT2D eigenvalue weighted by atomic mass is 16.5. The number of rotatable bonds is 4. The summed E-state index contributed by atoms with van der Waals surface area (Å²) in [7, 11) is 0. The van der Waals surface area contributed by atoms with Crippen LogP contribution in [-0.2, 0) is 0 Å². The minimum Gasteiger partial charge on any atom is -0.457 e. The first-order chi connectivity index (χ1) is 13.8. The summed E-state index contributed by atoms with van der Waals surface area (Å²) in [6.07, 6.45) is 0. The minimum atomic E-state index is 0.840. The van der Waals surface area contributed by atoms with Crippen LogP contribution in [0.3, 0.4) is 0 Å². The van der Waals surface area contributed by atoms with Gasteiger partial charge in [0.05, 0.1) is 6.01 Å². The average molecular weight is 364 g/mol. The van der Waals surface area contributed by atoms with Gasteiger partial charge in [0.2, 0.25) is 0 Å². The lowest BCUT2D eigenvalue weighted by molar-refractivity contribution is 0.483. The van der Waals surface area contributed by atoms with Gasteiger partial charge in [-0.25, -0.2) is 10.8 Å². The van der Waals surface area contributed by atoms with Crippen LogP contribution >= 0.6 is 0 Å². The predicted octanol–water partition coefficient (Wildman–Crippen LogP) is 7.13. The molecule has 2 N–H and O–H groups in total. The molecule has 0 aliphatic rings. The molecule has 0 saturated carbocycles.